The highest BCUT2D eigenvalue weighted by atomic mass is 32.2. The number of piperazine rings is 1. The molecule has 5 rings (SSSR count). The van der Waals surface area contributed by atoms with E-state index in [0.717, 1.165) is 54.5 Å². The normalized spacial score (nSPS) is 18.1. The SMILES string of the molecule is CCCS(=O)(=O)Nc1cc(C(C)(C)C)cc(NC(=O)c2cc3cccc(CN4CCN(C(=O)[C@@H]5CCCN5C)CC4)c3n2C)c1OC. The summed E-state index contributed by atoms with van der Waals surface area (Å²) in [5.41, 5.74) is 3.77. The molecule has 1 atom stereocenters. The summed E-state index contributed by atoms with van der Waals surface area (Å²) >= 11 is 0. The Labute approximate surface area is 279 Å². The Kier molecular flexibility index (Phi) is 10.2. The summed E-state index contributed by atoms with van der Waals surface area (Å²) in [6, 6.07) is 11.6. The molecule has 0 spiro atoms. The molecule has 2 aliphatic heterocycles. The van der Waals surface area contributed by atoms with Crippen molar-refractivity contribution < 1.29 is 22.7 Å². The predicted octanol–water partition coefficient (Wildman–Crippen LogP) is 4.63. The van der Waals surface area contributed by atoms with Crippen molar-refractivity contribution in [2.24, 2.45) is 7.05 Å². The van der Waals surface area contributed by atoms with Gasteiger partial charge in [-0.25, -0.2) is 8.42 Å². The van der Waals surface area contributed by atoms with Gasteiger partial charge in [-0.3, -0.25) is 24.1 Å². The zero-order chi connectivity index (χ0) is 34.1. The first-order valence-corrected chi connectivity index (χ1v) is 18.2. The van der Waals surface area contributed by atoms with E-state index >= 15 is 0 Å². The lowest BCUT2D eigenvalue weighted by Gasteiger charge is -2.37. The molecule has 12 heteroatoms. The Bertz CT molecular complexity index is 1740. The molecular formula is C35H50N6O5S. The smallest absolute Gasteiger partial charge is 0.272 e. The number of likely N-dealkylation sites (tertiary alicyclic amines) is 1. The number of para-hydroxylation sites is 1. The molecule has 3 aromatic rings. The van der Waals surface area contributed by atoms with Crippen molar-refractivity contribution in [3.8, 4) is 5.75 Å². The summed E-state index contributed by atoms with van der Waals surface area (Å²) in [5, 5.41) is 3.98. The molecule has 2 fully saturated rings. The highest BCUT2D eigenvalue weighted by Crippen LogP contribution is 2.39. The Balaban J connectivity index is 1.37. The fraction of sp³-hybridized carbons (Fsp3) is 0.543. The number of hydrogen-bond acceptors (Lipinski definition) is 7. The lowest BCUT2D eigenvalue weighted by Crippen LogP contribution is -2.52. The summed E-state index contributed by atoms with van der Waals surface area (Å²) in [6.45, 7) is 12.6. The minimum Gasteiger partial charge on any atom is -0.492 e. The van der Waals surface area contributed by atoms with Crippen LogP contribution < -0.4 is 14.8 Å². The Morgan fingerprint density at radius 2 is 1.70 bits per heavy atom. The molecule has 2 aromatic carbocycles. The summed E-state index contributed by atoms with van der Waals surface area (Å²) in [5.74, 6) is 0.148. The molecule has 2 saturated heterocycles. The van der Waals surface area contributed by atoms with Crippen LogP contribution in [0.2, 0.25) is 0 Å². The molecule has 47 heavy (non-hydrogen) atoms. The number of benzene rings is 2. The van der Waals surface area contributed by atoms with Gasteiger partial charge in [0.15, 0.2) is 5.75 Å². The second kappa shape index (κ2) is 13.9. The Morgan fingerprint density at radius 3 is 2.32 bits per heavy atom. The van der Waals surface area contributed by atoms with Crippen LogP contribution in [0.1, 0.15) is 68.6 Å². The van der Waals surface area contributed by atoms with Gasteiger partial charge < -0.3 is 19.5 Å². The van der Waals surface area contributed by atoms with Crippen molar-refractivity contribution >= 4 is 44.1 Å². The molecule has 1 aromatic heterocycles. The molecule has 2 aliphatic rings. The number of carbonyl (C=O) groups is 2. The fourth-order valence-corrected chi connectivity index (χ4v) is 7.90. The molecule has 256 valence electrons. The van der Waals surface area contributed by atoms with E-state index in [9.17, 15) is 18.0 Å². The molecule has 0 unspecified atom stereocenters. The van der Waals surface area contributed by atoms with E-state index in [-0.39, 0.29) is 34.8 Å². The zero-order valence-electron chi connectivity index (χ0n) is 28.9. The molecule has 0 bridgehead atoms. The number of likely N-dealkylation sites (N-methyl/N-ethyl adjacent to an activating group) is 1. The maximum atomic E-state index is 13.9. The van der Waals surface area contributed by atoms with Crippen molar-refractivity contribution in [1.29, 1.82) is 0 Å². The third kappa shape index (κ3) is 7.60. The highest BCUT2D eigenvalue weighted by Gasteiger charge is 2.33. The van der Waals surface area contributed by atoms with Gasteiger partial charge in [-0.05, 0) is 67.6 Å². The van der Waals surface area contributed by atoms with Crippen molar-refractivity contribution in [2.45, 2.75) is 65.0 Å². The second-order valence-corrected chi connectivity index (χ2v) is 15.8. The van der Waals surface area contributed by atoms with Crippen molar-refractivity contribution in [1.82, 2.24) is 19.3 Å². The van der Waals surface area contributed by atoms with E-state index in [2.05, 4.69) is 25.9 Å². The van der Waals surface area contributed by atoms with E-state index in [0.29, 0.717) is 43.1 Å². The van der Waals surface area contributed by atoms with Crippen LogP contribution >= 0.6 is 0 Å². The fourth-order valence-electron chi connectivity index (χ4n) is 6.77. The number of amides is 2. The number of anilines is 2. The van der Waals surface area contributed by atoms with Gasteiger partial charge in [0, 0.05) is 45.2 Å². The van der Waals surface area contributed by atoms with E-state index in [1.165, 1.54) is 7.11 Å². The molecule has 2 amide bonds. The van der Waals surface area contributed by atoms with Crippen LogP contribution in [-0.4, -0.2) is 98.2 Å². The van der Waals surface area contributed by atoms with Crippen LogP contribution in [0.3, 0.4) is 0 Å². The van der Waals surface area contributed by atoms with Gasteiger partial charge >= 0.3 is 0 Å². The molecule has 3 heterocycles. The molecule has 0 aliphatic carbocycles. The number of aromatic nitrogens is 1. The number of fused-ring (bicyclic) bond motifs is 1. The summed E-state index contributed by atoms with van der Waals surface area (Å²) < 4.78 is 35.7. The van der Waals surface area contributed by atoms with Gasteiger partial charge in [0.2, 0.25) is 15.9 Å². The number of methoxy groups -OCH3 is 1. The third-order valence-corrected chi connectivity index (χ3v) is 10.9. The minimum absolute atomic E-state index is 0.0103. The lowest BCUT2D eigenvalue weighted by molar-refractivity contribution is -0.137. The van der Waals surface area contributed by atoms with Crippen molar-refractivity contribution in [3.05, 3.63) is 53.2 Å². The predicted molar refractivity (Wildman–Crippen MR) is 188 cm³/mol. The van der Waals surface area contributed by atoms with Crippen molar-refractivity contribution in [3.63, 3.8) is 0 Å². The number of carbonyl (C=O) groups excluding carboxylic acids is 2. The van der Waals surface area contributed by atoms with Gasteiger partial charge in [0.25, 0.3) is 5.91 Å². The van der Waals surface area contributed by atoms with E-state index in [4.69, 9.17) is 4.74 Å². The van der Waals surface area contributed by atoms with E-state index in [1.54, 1.807) is 6.07 Å². The molecule has 11 nitrogen and oxygen atoms in total. The molecule has 2 N–H and O–H groups in total. The average molecular weight is 667 g/mol. The highest BCUT2D eigenvalue weighted by molar-refractivity contribution is 7.92. The topological polar surface area (TPSA) is 116 Å². The number of nitrogens with one attached hydrogen (secondary N) is 2. The standard InChI is InChI=1S/C35H50N6O5S/c1-8-19-47(44,45)37-28-22-26(35(2,3)4)21-27(32(28)46-7)36-33(42)30-20-24-11-9-12-25(31(24)39(30)6)23-40-15-17-41(18-16-40)34(43)29-13-10-14-38(29)5/h9,11-12,20-22,29,37H,8,10,13-19,23H2,1-7H3,(H,36,42)/t29-/m0/s1. The number of nitrogens with zero attached hydrogens (tertiary/aromatic N) is 4. The second-order valence-electron chi connectivity index (χ2n) is 13.9. The Hall–Kier alpha value is -3.61. The van der Waals surface area contributed by atoms with Gasteiger partial charge in [0.05, 0.1) is 35.8 Å². The number of ether oxygens (including phenoxy) is 1. The maximum Gasteiger partial charge on any atom is 0.272 e. The minimum atomic E-state index is -3.60. The van der Waals surface area contributed by atoms with Gasteiger partial charge in [-0.15, -0.1) is 0 Å². The first-order valence-electron chi connectivity index (χ1n) is 16.6. The van der Waals surface area contributed by atoms with Gasteiger partial charge in [-0.2, -0.15) is 0 Å². The maximum absolute atomic E-state index is 13.9. The summed E-state index contributed by atoms with van der Waals surface area (Å²) in [4.78, 5) is 33.5. The molecule has 0 radical (unpaired) electrons. The first-order chi connectivity index (χ1) is 22.2. The largest absolute Gasteiger partial charge is 0.492 e. The van der Waals surface area contributed by atoms with Crippen LogP contribution in [0.5, 0.6) is 5.75 Å². The van der Waals surface area contributed by atoms with Crippen LogP contribution in [0.4, 0.5) is 11.4 Å². The summed E-state index contributed by atoms with van der Waals surface area (Å²) in [6.07, 6.45) is 2.48. The van der Waals surface area contributed by atoms with Gasteiger partial charge in [-0.1, -0.05) is 45.9 Å². The van der Waals surface area contributed by atoms with E-state index < -0.39 is 10.0 Å². The van der Waals surface area contributed by atoms with Gasteiger partial charge in [0.1, 0.15) is 5.69 Å². The number of hydrogen-bond donors (Lipinski definition) is 2. The molecule has 0 saturated carbocycles. The lowest BCUT2D eigenvalue weighted by atomic mass is 9.86. The van der Waals surface area contributed by atoms with Crippen LogP contribution in [0, 0.1) is 0 Å². The first kappa shape index (κ1) is 34.7. The van der Waals surface area contributed by atoms with Crippen LogP contribution in [-0.2, 0) is 33.8 Å². The monoisotopic (exact) mass is 666 g/mol. The quantitative estimate of drug-likeness (QED) is 0.324. The number of rotatable bonds is 10. The number of sulfonamides is 1. The number of aryl methyl sites for hydroxylation is 1. The third-order valence-electron chi connectivity index (χ3n) is 9.40. The van der Waals surface area contributed by atoms with Crippen LogP contribution in [0.15, 0.2) is 36.4 Å². The summed E-state index contributed by atoms with van der Waals surface area (Å²) in [7, 11) is 1.79. The van der Waals surface area contributed by atoms with Crippen LogP contribution in [0.25, 0.3) is 10.9 Å². The zero-order valence-corrected chi connectivity index (χ0v) is 29.7. The van der Waals surface area contributed by atoms with E-state index in [1.807, 2.05) is 75.5 Å². The molecular weight excluding hydrogens is 616 g/mol. The van der Waals surface area contributed by atoms with Crippen molar-refractivity contribution in [2.75, 3.05) is 62.7 Å². The Morgan fingerprint density at radius 1 is 1.00 bits per heavy atom. The average Bonchev–Trinajstić information content (AvgIpc) is 3.59.